The van der Waals surface area contributed by atoms with Crippen molar-refractivity contribution < 1.29 is 9.32 Å². The smallest absolute Gasteiger partial charge is 0.0766 e. The van der Waals surface area contributed by atoms with Crippen molar-refractivity contribution in [2.24, 2.45) is 5.92 Å². The zero-order chi connectivity index (χ0) is 11.2. The summed E-state index contributed by atoms with van der Waals surface area (Å²) in [7, 11) is -0.710. The van der Waals surface area contributed by atoms with Gasteiger partial charge in [-0.1, -0.05) is 20.8 Å². The molecule has 0 aliphatic rings. The second-order valence-corrected chi connectivity index (χ2v) is 5.99. The van der Waals surface area contributed by atoms with Crippen molar-refractivity contribution in [2.45, 2.75) is 33.3 Å². The number of aliphatic hydroxyl groups is 1. The second-order valence-electron chi connectivity index (χ2n) is 4.12. The first-order valence-corrected chi connectivity index (χ1v) is 6.67. The maximum atomic E-state index is 11.1. The van der Waals surface area contributed by atoms with Gasteiger partial charge in [-0.05, 0) is 12.8 Å². The van der Waals surface area contributed by atoms with Crippen LogP contribution in [0.4, 0.5) is 0 Å². The fourth-order valence-electron chi connectivity index (χ4n) is 0.876. The van der Waals surface area contributed by atoms with Gasteiger partial charge in [0.15, 0.2) is 0 Å². The summed E-state index contributed by atoms with van der Waals surface area (Å²) in [6, 6.07) is 0. The second kappa shape index (κ2) is 6.53. The van der Waals surface area contributed by atoms with Crippen LogP contribution in [0.15, 0.2) is 0 Å². The Balaban J connectivity index is 3.59. The molecule has 0 bridgehead atoms. The summed E-state index contributed by atoms with van der Waals surface area (Å²) in [5, 5.41) is 13.0. The highest BCUT2D eigenvalue weighted by Crippen LogP contribution is 2.14. The molecule has 0 fully saturated rings. The monoisotopic (exact) mass is 221 g/mol. The summed E-state index contributed by atoms with van der Waals surface area (Å²) in [6.07, 6.45) is 0. The number of hydrogen-bond acceptors (Lipinski definition) is 3. The first-order chi connectivity index (χ1) is 6.40. The average molecular weight is 221 g/mol. The van der Waals surface area contributed by atoms with Gasteiger partial charge in [-0.25, -0.2) is 0 Å². The zero-order valence-corrected chi connectivity index (χ0v) is 10.5. The standard InChI is InChI=1S/C10H23NO2S/c1-5-14(13)7-6-11-8-10(4,12)9(2)3/h9,11-12H,5-8H2,1-4H3. The molecule has 2 atom stereocenters. The molecular weight excluding hydrogens is 198 g/mol. The molecule has 4 heteroatoms. The van der Waals surface area contributed by atoms with Crippen LogP contribution in [0.25, 0.3) is 0 Å². The van der Waals surface area contributed by atoms with E-state index in [1.54, 1.807) is 0 Å². The van der Waals surface area contributed by atoms with Crippen molar-refractivity contribution in [1.82, 2.24) is 5.32 Å². The minimum Gasteiger partial charge on any atom is -0.389 e. The lowest BCUT2D eigenvalue weighted by Gasteiger charge is -2.27. The van der Waals surface area contributed by atoms with Gasteiger partial charge < -0.3 is 10.4 Å². The molecule has 0 heterocycles. The maximum Gasteiger partial charge on any atom is 0.0766 e. The Morgan fingerprint density at radius 2 is 2.07 bits per heavy atom. The molecule has 2 N–H and O–H groups in total. The van der Waals surface area contributed by atoms with Crippen LogP contribution in [0.3, 0.4) is 0 Å². The van der Waals surface area contributed by atoms with E-state index < -0.39 is 16.4 Å². The predicted molar refractivity (Wildman–Crippen MR) is 61.9 cm³/mol. The topological polar surface area (TPSA) is 49.3 Å². The third-order valence-electron chi connectivity index (χ3n) is 2.56. The van der Waals surface area contributed by atoms with Crippen LogP contribution < -0.4 is 5.32 Å². The van der Waals surface area contributed by atoms with Crippen molar-refractivity contribution >= 4 is 10.8 Å². The van der Waals surface area contributed by atoms with Crippen molar-refractivity contribution in [2.75, 3.05) is 24.6 Å². The predicted octanol–water partition coefficient (Wildman–Crippen LogP) is 0.752. The molecule has 0 rings (SSSR count). The first kappa shape index (κ1) is 14.1. The Kier molecular flexibility index (Phi) is 6.57. The lowest BCUT2D eigenvalue weighted by atomic mass is 9.93. The van der Waals surface area contributed by atoms with Gasteiger partial charge in [0.25, 0.3) is 0 Å². The van der Waals surface area contributed by atoms with Crippen molar-refractivity contribution in [3.05, 3.63) is 0 Å². The van der Waals surface area contributed by atoms with Crippen LogP contribution in [0.5, 0.6) is 0 Å². The van der Waals surface area contributed by atoms with E-state index >= 15 is 0 Å². The van der Waals surface area contributed by atoms with E-state index in [9.17, 15) is 9.32 Å². The minimum absolute atomic E-state index is 0.228. The summed E-state index contributed by atoms with van der Waals surface area (Å²) in [6.45, 7) is 8.99. The van der Waals surface area contributed by atoms with E-state index in [-0.39, 0.29) is 5.92 Å². The van der Waals surface area contributed by atoms with E-state index in [1.165, 1.54) is 0 Å². The fourth-order valence-corrected chi connectivity index (χ4v) is 1.54. The van der Waals surface area contributed by atoms with Gasteiger partial charge in [-0.2, -0.15) is 0 Å². The molecule has 0 aromatic rings. The maximum absolute atomic E-state index is 11.1. The molecule has 0 amide bonds. The van der Waals surface area contributed by atoms with Gasteiger partial charge in [0.1, 0.15) is 0 Å². The third kappa shape index (κ3) is 5.73. The first-order valence-electron chi connectivity index (χ1n) is 5.18. The molecule has 0 aliphatic carbocycles. The Morgan fingerprint density at radius 1 is 1.50 bits per heavy atom. The molecule has 0 aromatic heterocycles. The average Bonchev–Trinajstić information content (AvgIpc) is 2.11. The lowest BCUT2D eigenvalue weighted by molar-refractivity contribution is 0.0148. The molecule has 86 valence electrons. The van der Waals surface area contributed by atoms with E-state index in [0.717, 1.165) is 0 Å². The molecule has 0 spiro atoms. The zero-order valence-electron chi connectivity index (χ0n) is 9.67. The summed E-state index contributed by atoms with van der Waals surface area (Å²) in [5.41, 5.74) is -0.673. The van der Waals surface area contributed by atoms with Gasteiger partial charge in [0, 0.05) is 35.4 Å². The van der Waals surface area contributed by atoms with Crippen molar-refractivity contribution in [3.8, 4) is 0 Å². The highest BCUT2D eigenvalue weighted by atomic mass is 32.2. The highest BCUT2D eigenvalue weighted by Gasteiger charge is 2.23. The van der Waals surface area contributed by atoms with Gasteiger partial charge >= 0.3 is 0 Å². The minimum atomic E-state index is -0.710. The van der Waals surface area contributed by atoms with Crippen LogP contribution in [0, 0.1) is 5.92 Å². The molecule has 2 unspecified atom stereocenters. The molecule has 0 aliphatic heterocycles. The van der Waals surface area contributed by atoms with E-state index in [4.69, 9.17) is 0 Å². The van der Waals surface area contributed by atoms with Crippen molar-refractivity contribution in [1.29, 1.82) is 0 Å². The SMILES string of the molecule is CCS(=O)CCNCC(C)(O)C(C)C. The Morgan fingerprint density at radius 3 is 2.50 bits per heavy atom. The summed E-state index contributed by atoms with van der Waals surface area (Å²) < 4.78 is 11.1. The normalized spacial score (nSPS) is 18.1. The van der Waals surface area contributed by atoms with Crippen LogP contribution in [0.1, 0.15) is 27.7 Å². The molecular formula is C10H23NO2S. The Hall–Kier alpha value is 0.0700. The van der Waals surface area contributed by atoms with E-state index in [0.29, 0.717) is 24.6 Å². The van der Waals surface area contributed by atoms with E-state index in [2.05, 4.69) is 5.32 Å². The Labute approximate surface area is 89.7 Å². The molecule has 0 aromatic carbocycles. The number of hydrogen-bond donors (Lipinski definition) is 2. The molecule has 3 nitrogen and oxygen atoms in total. The lowest BCUT2D eigenvalue weighted by Crippen LogP contribution is -2.43. The molecule has 0 radical (unpaired) electrons. The van der Waals surface area contributed by atoms with Gasteiger partial charge in [0.05, 0.1) is 5.60 Å². The number of nitrogens with one attached hydrogen (secondary N) is 1. The molecule has 14 heavy (non-hydrogen) atoms. The van der Waals surface area contributed by atoms with Gasteiger partial charge in [-0.15, -0.1) is 0 Å². The molecule has 0 saturated carbocycles. The number of rotatable bonds is 7. The van der Waals surface area contributed by atoms with Gasteiger partial charge in [0.2, 0.25) is 0 Å². The van der Waals surface area contributed by atoms with Crippen LogP contribution in [-0.4, -0.2) is 39.5 Å². The van der Waals surface area contributed by atoms with Gasteiger partial charge in [-0.3, -0.25) is 4.21 Å². The summed E-state index contributed by atoms with van der Waals surface area (Å²) in [5.74, 6) is 1.61. The van der Waals surface area contributed by atoms with E-state index in [1.807, 2.05) is 27.7 Å². The van der Waals surface area contributed by atoms with Crippen LogP contribution >= 0.6 is 0 Å². The molecule has 0 saturated heterocycles. The van der Waals surface area contributed by atoms with Crippen LogP contribution in [0.2, 0.25) is 0 Å². The Bertz CT molecular complexity index is 181. The summed E-state index contributed by atoms with van der Waals surface area (Å²) in [4.78, 5) is 0. The van der Waals surface area contributed by atoms with Crippen molar-refractivity contribution in [3.63, 3.8) is 0 Å². The third-order valence-corrected chi connectivity index (χ3v) is 3.86. The fraction of sp³-hybridized carbons (Fsp3) is 1.00. The van der Waals surface area contributed by atoms with Crippen LogP contribution in [-0.2, 0) is 10.8 Å². The highest BCUT2D eigenvalue weighted by molar-refractivity contribution is 7.84. The summed E-state index contributed by atoms with van der Waals surface area (Å²) >= 11 is 0. The quantitative estimate of drug-likeness (QED) is 0.624. The largest absolute Gasteiger partial charge is 0.389 e.